The summed E-state index contributed by atoms with van der Waals surface area (Å²) >= 11 is 0. The smallest absolute Gasteiger partial charge is 0.263 e. The van der Waals surface area contributed by atoms with Crippen molar-refractivity contribution in [3.63, 3.8) is 0 Å². The molecule has 0 spiro atoms. The number of nitrogens with zero attached hydrogens (tertiary/aromatic N) is 2. The van der Waals surface area contributed by atoms with Crippen LogP contribution in [0.1, 0.15) is 46.4 Å². The van der Waals surface area contributed by atoms with Crippen molar-refractivity contribution >= 4 is 23.4 Å². The highest BCUT2D eigenvalue weighted by Gasteiger charge is 2.44. The fourth-order valence-corrected chi connectivity index (χ4v) is 3.62. The van der Waals surface area contributed by atoms with Crippen LogP contribution in [0.5, 0.6) is 0 Å². The van der Waals surface area contributed by atoms with Gasteiger partial charge in [-0.05, 0) is 37.8 Å². The van der Waals surface area contributed by atoms with Crippen LogP contribution < -0.4 is 5.73 Å². The van der Waals surface area contributed by atoms with E-state index in [2.05, 4.69) is 0 Å². The number of piperidine rings is 1. The Morgan fingerprint density at radius 3 is 2.61 bits per heavy atom. The van der Waals surface area contributed by atoms with E-state index < -0.39 is 0 Å². The van der Waals surface area contributed by atoms with Crippen LogP contribution in [0.2, 0.25) is 0 Å². The van der Waals surface area contributed by atoms with E-state index in [1.165, 1.54) is 4.90 Å². The highest BCUT2D eigenvalue weighted by molar-refractivity contribution is 6.23. The number of hydrogen-bond donors (Lipinski definition) is 1. The van der Waals surface area contributed by atoms with Crippen molar-refractivity contribution in [1.82, 2.24) is 9.80 Å². The second kappa shape index (κ2) is 5.08. The van der Waals surface area contributed by atoms with Crippen molar-refractivity contribution in [3.05, 3.63) is 29.3 Å². The molecule has 1 saturated heterocycles. The predicted octanol–water partition coefficient (Wildman–Crippen LogP) is 1.27. The number of carbonyl (C=O) groups is 3. The average Bonchev–Trinajstić information content (AvgIpc) is 3.35. The summed E-state index contributed by atoms with van der Waals surface area (Å²) in [7, 11) is 0. The van der Waals surface area contributed by atoms with Crippen LogP contribution >= 0.6 is 0 Å². The van der Waals surface area contributed by atoms with Crippen molar-refractivity contribution in [2.24, 2.45) is 5.92 Å². The molecule has 23 heavy (non-hydrogen) atoms. The molecule has 2 heterocycles. The van der Waals surface area contributed by atoms with Gasteiger partial charge >= 0.3 is 0 Å². The van der Waals surface area contributed by atoms with Crippen LogP contribution in [0.25, 0.3) is 0 Å². The van der Waals surface area contributed by atoms with Crippen LogP contribution in [0.3, 0.4) is 0 Å². The van der Waals surface area contributed by atoms with Gasteiger partial charge in [0.05, 0.1) is 17.2 Å². The summed E-state index contributed by atoms with van der Waals surface area (Å²) in [5.41, 5.74) is 6.90. The first-order valence-corrected chi connectivity index (χ1v) is 8.13. The Labute approximate surface area is 134 Å². The summed E-state index contributed by atoms with van der Waals surface area (Å²) < 4.78 is 0. The van der Waals surface area contributed by atoms with E-state index in [4.69, 9.17) is 5.73 Å². The number of benzene rings is 1. The van der Waals surface area contributed by atoms with Crippen molar-refractivity contribution in [3.8, 4) is 0 Å². The molecule has 3 amide bonds. The highest BCUT2D eigenvalue weighted by atomic mass is 16.2. The number of fused-ring (bicyclic) bond motifs is 1. The molecule has 2 N–H and O–H groups in total. The molecule has 2 fully saturated rings. The molecule has 3 aliphatic rings. The second-order valence-electron chi connectivity index (χ2n) is 6.60. The quantitative estimate of drug-likeness (QED) is 0.658. The van der Waals surface area contributed by atoms with Gasteiger partial charge in [0, 0.05) is 24.7 Å². The molecule has 2 aliphatic heterocycles. The van der Waals surface area contributed by atoms with Gasteiger partial charge in [-0.1, -0.05) is 6.07 Å². The lowest BCUT2D eigenvalue weighted by molar-refractivity contribution is -0.134. The van der Waals surface area contributed by atoms with Crippen LogP contribution in [-0.4, -0.2) is 46.7 Å². The minimum atomic E-state index is -0.325. The normalized spacial score (nSPS) is 24.1. The Bertz CT molecular complexity index is 711. The van der Waals surface area contributed by atoms with Gasteiger partial charge in [0.1, 0.15) is 0 Å². The van der Waals surface area contributed by atoms with Crippen LogP contribution in [0.15, 0.2) is 18.2 Å². The van der Waals surface area contributed by atoms with E-state index in [0.717, 1.165) is 32.2 Å². The molecule has 1 aromatic carbocycles. The van der Waals surface area contributed by atoms with Gasteiger partial charge in [-0.3, -0.25) is 19.3 Å². The molecule has 1 unspecified atom stereocenters. The summed E-state index contributed by atoms with van der Waals surface area (Å²) in [5, 5.41) is 0. The zero-order chi connectivity index (χ0) is 16.1. The Hall–Kier alpha value is -2.37. The first-order chi connectivity index (χ1) is 11.1. The van der Waals surface area contributed by atoms with Gasteiger partial charge in [0.25, 0.3) is 11.8 Å². The van der Waals surface area contributed by atoms with Crippen LogP contribution in [0, 0.1) is 5.92 Å². The topological polar surface area (TPSA) is 83.7 Å². The minimum Gasteiger partial charge on any atom is -0.398 e. The molecule has 0 aromatic heterocycles. The van der Waals surface area contributed by atoms with Gasteiger partial charge in [0.2, 0.25) is 5.91 Å². The second-order valence-corrected chi connectivity index (χ2v) is 6.60. The zero-order valence-electron chi connectivity index (χ0n) is 12.8. The Morgan fingerprint density at radius 2 is 1.91 bits per heavy atom. The summed E-state index contributed by atoms with van der Waals surface area (Å²) in [4.78, 5) is 40.7. The standard InChI is InChI=1S/C17H19N3O3/c18-13-5-1-4-12-14(13)17(23)20(16(12)22)11-3-2-8-19(9-11)15(21)10-6-7-10/h1,4-5,10-11H,2-3,6-9,18H2. The Kier molecular flexibility index (Phi) is 3.14. The molecule has 120 valence electrons. The summed E-state index contributed by atoms with van der Waals surface area (Å²) in [6.45, 7) is 1.16. The van der Waals surface area contributed by atoms with Crippen LogP contribution in [0.4, 0.5) is 5.69 Å². The molecule has 1 aliphatic carbocycles. The Morgan fingerprint density at radius 1 is 1.13 bits per heavy atom. The lowest BCUT2D eigenvalue weighted by Crippen LogP contribution is -2.52. The van der Waals surface area contributed by atoms with Gasteiger partial charge in [0.15, 0.2) is 0 Å². The molecule has 0 bridgehead atoms. The van der Waals surface area contributed by atoms with E-state index in [1.54, 1.807) is 18.2 Å². The lowest BCUT2D eigenvalue weighted by Gasteiger charge is -2.36. The third-order valence-electron chi connectivity index (χ3n) is 4.98. The number of anilines is 1. The third-order valence-corrected chi connectivity index (χ3v) is 4.98. The molecular weight excluding hydrogens is 294 g/mol. The molecular formula is C17H19N3O3. The van der Waals surface area contributed by atoms with Gasteiger partial charge in [-0.25, -0.2) is 0 Å². The minimum absolute atomic E-state index is 0.159. The molecule has 1 saturated carbocycles. The molecule has 6 nitrogen and oxygen atoms in total. The molecule has 0 radical (unpaired) electrons. The molecule has 4 rings (SSSR count). The predicted molar refractivity (Wildman–Crippen MR) is 83.7 cm³/mol. The number of likely N-dealkylation sites (tertiary alicyclic amines) is 1. The largest absolute Gasteiger partial charge is 0.398 e. The van der Waals surface area contributed by atoms with Gasteiger partial charge < -0.3 is 10.6 Å². The lowest BCUT2D eigenvalue weighted by atomic mass is 10.0. The number of amides is 3. The van der Waals surface area contributed by atoms with Crippen LogP contribution in [-0.2, 0) is 4.79 Å². The highest BCUT2D eigenvalue weighted by Crippen LogP contribution is 2.34. The van der Waals surface area contributed by atoms with Gasteiger partial charge in [-0.15, -0.1) is 0 Å². The number of imide groups is 1. The first kappa shape index (κ1) is 14.2. The first-order valence-electron chi connectivity index (χ1n) is 8.13. The number of rotatable bonds is 2. The third kappa shape index (κ3) is 2.20. The summed E-state index contributed by atoms with van der Waals surface area (Å²) in [6, 6.07) is 4.71. The van der Waals surface area contributed by atoms with E-state index >= 15 is 0 Å². The maximum atomic E-state index is 12.7. The van der Waals surface area contributed by atoms with Gasteiger partial charge in [-0.2, -0.15) is 0 Å². The zero-order valence-corrected chi connectivity index (χ0v) is 12.8. The number of hydrogen-bond acceptors (Lipinski definition) is 4. The van der Waals surface area contributed by atoms with E-state index in [-0.39, 0.29) is 29.7 Å². The van der Waals surface area contributed by atoms with E-state index in [0.29, 0.717) is 23.4 Å². The molecule has 6 heteroatoms. The van der Waals surface area contributed by atoms with Crippen molar-refractivity contribution in [2.45, 2.75) is 31.7 Å². The maximum Gasteiger partial charge on any atom is 0.263 e. The SMILES string of the molecule is Nc1cccc2c1C(=O)N(C1CCCN(C(=O)C3CC3)C1)C2=O. The van der Waals surface area contributed by atoms with Crippen molar-refractivity contribution in [2.75, 3.05) is 18.8 Å². The van der Waals surface area contributed by atoms with E-state index in [1.807, 2.05) is 4.90 Å². The average molecular weight is 313 g/mol. The Balaban J connectivity index is 1.58. The van der Waals surface area contributed by atoms with Crippen molar-refractivity contribution in [1.29, 1.82) is 0 Å². The summed E-state index contributed by atoms with van der Waals surface area (Å²) in [6.07, 6.45) is 3.47. The molecule has 1 atom stereocenters. The van der Waals surface area contributed by atoms with E-state index in [9.17, 15) is 14.4 Å². The summed E-state index contributed by atoms with van der Waals surface area (Å²) in [5.74, 6) is -0.283. The van der Waals surface area contributed by atoms with Crippen molar-refractivity contribution < 1.29 is 14.4 Å². The molecule has 1 aromatic rings. The monoisotopic (exact) mass is 313 g/mol. The fourth-order valence-electron chi connectivity index (χ4n) is 3.62. The number of nitrogens with two attached hydrogens (primary N) is 1. The number of carbonyl (C=O) groups excluding carboxylic acids is 3. The maximum absolute atomic E-state index is 12.7. The number of nitrogen functional groups attached to an aromatic ring is 1. The fraction of sp³-hybridized carbons (Fsp3) is 0.471.